The molecule has 0 radical (unpaired) electrons. The third-order valence-electron chi connectivity index (χ3n) is 3.25. The molecule has 3 rings (SSSR count). The van der Waals surface area contributed by atoms with E-state index in [1.165, 1.54) is 11.8 Å². The van der Waals surface area contributed by atoms with Gasteiger partial charge in [-0.2, -0.15) is 5.10 Å². The molecule has 0 atom stereocenters. The van der Waals surface area contributed by atoms with Crippen molar-refractivity contribution in [3.05, 3.63) is 36.5 Å². The molecule has 1 amide bonds. The van der Waals surface area contributed by atoms with Crippen LogP contribution in [-0.2, 0) is 18.4 Å². The van der Waals surface area contributed by atoms with E-state index in [0.717, 1.165) is 22.7 Å². The van der Waals surface area contributed by atoms with Crippen LogP contribution in [-0.4, -0.2) is 31.0 Å². The summed E-state index contributed by atoms with van der Waals surface area (Å²) >= 11 is 1.44. The first-order valence-corrected chi connectivity index (χ1v) is 8.03. The number of para-hydroxylation sites is 2. The molecule has 2 heterocycles. The van der Waals surface area contributed by atoms with Crippen LogP contribution in [0.1, 0.15) is 6.92 Å². The maximum Gasteiger partial charge on any atom is 0.236 e. The highest BCUT2D eigenvalue weighted by atomic mass is 32.2. The number of amides is 1. The second-order valence-electron chi connectivity index (χ2n) is 4.84. The number of anilines is 1. The van der Waals surface area contributed by atoms with E-state index in [9.17, 15) is 4.79 Å². The predicted octanol–water partition coefficient (Wildman–Crippen LogP) is 2.52. The monoisotopic (exact) mass is 315 g/mol. The van der Waals surface area contributed by atoms with Crippen LogP contribution in [0.2, 0.25) is 0 Å². The zero-order valence-corrected chi connectivity index (χ0v) is 13.3. The minimum Gasteiger partial charge on any atom is -0.319 e. The van der Waals surface area contributed by atoms with E-state index < -0.39 is 0 Å². The molecule has 0 spiro atoms. The maximum absolute atomic E-state index is 12.0. The van der Waals surface area contributed by atoms with Crippen LogP contribution < -0.4 is 5.32 Å². The molecule has 0 aliphatic heterocycles. The molecule has 6 nitrogen and oxygen atoms in total. The molecule has 2 aromatic heterocycles. The van der Waals surface area contributed by atoms with E-state index in [2.05, 4.69) is 26.9 Å². The van der Waals surface area contributed by atoms with Gasteiger partial charge in [0.25, 0.3) is 0 Å². The number of aryl methyl sites for hydroxylation is 2. The van der Waals surface area contributed by atoms with Crippen LogP contribution in [0.25, 0.3) is 11.0 Å². The number of carbonyl (C=O) groups excluding carboxylic acids is 1. The highest BCUT2D eigenvalue weighted by Gasteiger charge is 2.12. The van der Waals surface area contributed by atoms with Gasteiger partial charge in [-0.15, -0.1) is 0 Å². The molecule has 0 saturated carbocycles. The molecule has 114 valence electrons. The van der Waals surface area contributed by atoms with Gasteiger partial charge in [-0.1, -0.05) is 23.9 Å². The Kier molecular flexibility index (Phi) is 4.15. The first kappa shape index (κ1) is 14.6. The van der Waals surface area contributed by atoms with Crippen molar-refractivity contribution < 1.29 is 4.79 Å². The third kappa shape index (κ3) is 2.99. The molecular weight excluding hydrogens is 298 g/mol. The number of hydrogen-bond donors (Lipinski definition) is 1. The average molecular weight is 315 g/mol. The Morgan fingerprint density at radius 2 is 2.14 bits per heavy atom. The van der Waals surface area contributed by atoms with Crippen LogP contribution in [0.3, 0.4) is 0 Å². The predicted molar refractivity (Wildman–Crippen MR) is 88.0 cm³/mol. The standard InChI is InChI=1S/C15H17N5OS/c1-3-20-12-7-5-4-6-11(12)16-15(20)22-10-14(21)17-13-8-9-19(2)18-13/h4-9H,3,10H2,1-2H3,(H,17,18,21). The van der Waals surface area contributed by atoms with Crippen LogP contribution in [0.15, 0.2) is 41.7 Å². The van der Waals surface area contributed by atoms with Gasteiger partial charge in [0.15, 0.2) is 11.0 Å². The number of aromatic nitrogens is 4. The first-order chi connectivity index (χ1) is 10.7. The van der Waals surface area contributed by atoms with Crippen molar-refractivity contribution in [2.75, 3.05) is 11.1 Å². The number of thioether (sulfide) groups is 1. The van der Waals surface area contributed by atoms with Gasteiger partial charge in [0.05, 0.1) is 16.8 Å². The Morgan fingerprint density at radius 1 is 1.32 bits per heavy atom. The minimum absolute atomic E-state index is 0.0848. The molecule has 0 bridgehead atoms. The lowest BCUT2D eigenvalue weighted by Crippen LogP contribution is -2.15. The molecule has 3 aromatic rings. The highest BCUT2D eigenvalue weighted by Crippen LogP contribution is 2.24. The largest absolute Gasteiger partial charge is 0.319 e. The number of carbonyl (C=O) groups is 1. The molecule has 7 heteroatoms. The number of nitrogens with one attached hydrogen (secondary N) is 1. The van der Waals surface area contributed by atoms with Crippen molar-refractivity contribution in [1.82, 2.24) is 19.3 Å². The fraction of sp³-hybridized carbons (Fsp3) is 0.267. The number of fused-ring (bicyclic) bond motifs is 1. The molecule has 22 heavy (non-hydrogen) atoms. The molecule has 1 aromatic carbocycles. The fourth-order valence-corrected chi connectivity index (χ4v) is 3.14. The number of rotatable bonds is 5. The van der Waals surface area contributed by atoms with Crippen LogP contribution in [0, 0.1) is 0 Å². The van der Waals surface area contributed by atoms with Crippen molar-refractivity contribution in [3.8, 4) is 0 Å². The molecule has 0 saturated heterocycles. The normalized spacial score (nSPS) is 11.0. The summed E-state index contributed by atoms with van der Waals surface area (Å²) in [5, 5.41) is 7.77. The smallest absolute Gasteiger partial charge is 0.236 e. The summed E-state index contributed by atoms with van der Waals surface area (Å²) < 4.78 is 3.77. The summed E-state index contributed by atoms with van der Waals surface area (Å²) in [6.45, 7) is 2.90. The topological polar surface area (TPSA) is 64.7 Å². The number of benzene rings is 1. The summed E-state index contributed by atoms with van der Waals surface area (Å²) in [5.74, 6) is 0.787. The summed E-state index contributed by atoms with van der Waals surface area (Å²) in [5.41, 5.74) is 2.05. The summed E-state index contributed by atoms with van der Waals surface area (Å²) in [6, 6.07) is 9.77. The quantitative estimate of drug-likeness (QED) is 0.735. The van der Waals surface area contributed by atoms with Gasteiger partial charge in [-0.3, -0.25) is 9.48 Å². The SMILES string of the molecule is CCn1c(SCC(=O)Nc2ccn(C)n2)nc2ccccc21. The van der Waals surface area contributed by atoms with Gasteiger partial charge in [-0.25, -0.2) is 4.98 Å². The van der Waals surface area contributed by atoms with E-state index >= 15 is 0 Å². The van der Waals surface area contributed by atoms with E-state index in [1.807, 2.05) is 31.3 Å². The van der Waals surface area contributed by atoms with Crippen LogP contribution in [0.5, 0.6) is 0 Å². The Bertz CT molecular complexity index is 807. The zero-order chi connectivity index (χ0) is 15.5. The highest BCUT2D eigenvalue weighted by molar-refractivity contribution is 7.99. The van der Waals surface area contributed by atoms with Gasteiger partial charge in [0.2, 0.25) is 5.91 Å². The van der Waals surface area contributed by atoms with Gasteiger partial charge >= 0.3 is 0 Å². The zero-order valence-electron chi connectivity index (χ0n) is 12.5. The van der Waals surface area contributed by atoms with Crippen molar-refractivity contribution >= 4 is 34.5 Å². The lowest BCUT2D eigenvalue weighted by atomic mass is 10.3. The van der Waals surface area contributed by atoms with E-state index in [1.54, 1.807) is 16.9 Å². The van der Waals surface area contributed by atoms with Crippen molar-refractivity contribution in [2.45, 2.75) is 18.6 Å². The lowest BCUT2D eigenvalue weighted by Gasteiger charge is -2.05. The number of nitrogens with zero attached hydrogens (tertiary/aromatic N) is 4. The number of imidazole rings is 1. The summed E-state index contributed by atoms with van der Waals surface area (Å²) in [7, 11) is 1.81. The Labute approximate surface area is 132 Å². The molecule has 0 aliphatic carbocycles. The van der Waals surface area contributed by atoms with E-state index in [-0.39, 0.29) is 5.91 Å². The molecule has 0 fully saturated rings. The van der Waals surface area contributed by atoms with Crippen LogP contribution >= 0.6 is 11.8 Å². The maximum atomic E-state index is 12.0. The summed E-state index contributed by atoms with van der Waals surface area (Å²) in [4.78, 5) is 16.6. The van der Waals surface area contributed by atoms with Gasteiger partial charge in [0.1, 0.15) is 0 Å². The van der Waals surface area contributed by atoms with Gasteiger partial charge in [0, 0.05) is 25.9 Å². The molecule has 1 N–H and O–H groups in total. The van der Waals surface area contributed by atoms with Crippen molar-refractivity contribution in [2.24, 2.45) is 7.05 Å². The Hall–Kier alpha value is -2.28. The number of hydrogen-bond acceptors (Lipinski definition) is 4. The van der Waals surface area contributed by atoms with E-state index in [0.29, 0.717) is 11.6 Å². The van der Waals surface area contributed by atoms with Crippen molar-refractivity contribution in [1.29, 1.82) is 0 Å². The average Bonchev–Trinajstić information content (AvgIpc) is 3.07. The van der Waals surface area contributed by atoms with Gasteiger partial charge in [-0.05, 0) is 19.1 Å². The third-order valence-corrected chi connectivity index (χ3v) is 4.23. The second kappa shape index (κ2) is 6.23. The molecule has 0 unspecified atom stereocenters. The minimum atomic E-state index is -0.0848. The molecule has 0 aliphatic rings. The molecular formula is C15H17N5OS. The van der Waals surface area contributed by atoms with Crippen LogP contribution in [0.4, 0.5) is 5.82 Å². The van der Waals surface area contributed by atoms with E-state index in [4.69, 9.17) is 0 Å². The Balaban J connectivity index is 1.69. The Morgan fingerprint density at radius 3 is 2.86 bits per heavy atom. The van der Waals surface area contributed by atoms with Crippen molar-refractivity contribution in [3.63, 3.8) is 0 Å². The summed E-state index contributed by atoms with van der Waals surface area (Å²) in [6.07, 6.45) is 1.79. The lowest BCUT2D eigenvalue weighted by molar-refractivity contribution is -0.113. The first-order valence-electron chi connectivity index (χ1n) is 7.05. The van der Waals surface area contributed by atoms with Gasteiger partial charge < -0.3 is 9.88 Å². The fourth-order valence-electron chi connectivity index (χ4n) is 2.26. The second-order valence-corrected chi connectivity index (χ2v) is 5.78.